The zero-order valence-corrected chi connectivity index (χ0v) is 14.8. The van der Waals surface area contributed by atoms with Gasteiger partial charge in [-0.15, -0.1) is 11.3 Å². The van der Waals surface area contributed by atoms with Crippen LogP contribution >= 0.6 is 11.3 Å². The quantitative estimate of drug-likeness (QED) is 0.871. The summed E-state index contributed by atoms with van der Waals surface area (Å²) in [7, 11) is 0. The van der Waals surface area contributed by atoms with E-state index in [4.69, 9.17) is 0 Å². The first kappa shape index (κ1) is 16.9. The molecule has 2 heterocycles. The average molecular weight is 344 g/mol. The van der Waals surface area contributed by atoms with Crippen molar-refractivity contribution in [2.75, 3.05) is 37.6 Å². The summed E-state index contributed by atoms with van der Waals surface area (Å²) < 4.78 is 0. The van der Waals surface area contributed by atoms with E-state index in [1.165, 1.54) is 5.56 Å². The summed E-state index contributed by atoms with van der Waals surface area (Å²) in [6.07, 6.45) is 2.72. The lowest BCUT2D eigenvalue weighted by Gasteiger charge is -2.39. The SMILES string of the molecule is C[C@H]1CN(CC(=O)NCCc2ccccc2)CCN1c1nccs1. The van der Waals surface area contributed by atoms with E-state index in [2.05, 4.69) is 39.2 Å². The molecular weight excluding hydrogens is 320 g/mol. The standard InChI is InChI=1S/C18H24N4OS/c1-15-13-21(10-11-22(15)18-20-9-12-24-18)14-17(23)19-8-7-16-5-3-2-4-6-16/h2-6,9,12,15H,7-8,10-11,13-14H2,1H3,(H,19,23)/t15-/m0/s1. The second kappa shape index (κ2) is 8.26. The summed E-state index contributed by atoms with van der Waals surface area (Å²) >= 11 is 1.67. The summed E-state index contributed by atoms with van der Waals surface area (Å²) in [4.78, 5) is 21.1. The van der Waals surface area contributed by atoms with Crippen LogP contribution in [-0.4, -0.2) is 54.6 Å². The van der Waals surface area contributed by atoms with Crippen molar-refractivity contribution in [2.45, 2.75) is 19.4 Å². The number of benzene rings is 1. The van der Waals surface area contributed by atoms with Crippen molar-refractivity contribution in [2.24, 2.45) is 0 Å². The molecular formula is C18H24N4OS. The van der Waals surface area contributed by atoms with Gasteiger partial charge >= 0.3 is 0 Å². The van der Waals surface area contributed by atoms with Crippen LogP contribution in [-0.2, 0) is 11.2 Å². The second-order valence-corrected chi connectivity index (χ2v) is 7.05. The van der Waals surface area contributed by atoms with Gasteiger partial charge in [0, 0.05) is 43.8 Å². The van der Waals surface area contributed by atoms with Crippen LogP contribution in [0.3, 0.4) is 0 Å². The van der Waals surface area contributed by atoms with Gasteiger partial charge in [-0.05, 0) is 18.9 Å². The molecule has 1 aromatic carbocycles. The molecule has 1 N–H and O–H groups in total. The maximum Gasteiger partial charge on any atom is 0.234 e. The van der Waals surface area contributed by atoms with Crippen LogP contribution in [0.25, 0.3) is 0 Å². The number of amides is 1. The number of aromatic nitrogens is 1. The first-order valence-electron chi connectivity index (χ1n) is 8.41. The van der Waals surface area contributed by atoms with Gasteiger partial charge in [0.15, 0.2) is 5.13 Å². The molecule has 1 saturated heterocycles. The number of anilines is 1. The molecule has 1 atom stereocenters. The van der Waals surface area contributed by atoms with Crippen molar-refractivity contribution in [3.63, 3.8) is 0 Å². The van der Waals surface area contributed by atoms with Crippen LogP contribution in [0.15, 0.2) is 41.9 Å². The van der Waals surface area contributed by atoms with Gasteiger partial charge in [0.05, 0.1) is 6.54 Å². The van der Waals surface area contributed by atoms with Crippen molar-refractivity contribution in [1.29, 1.82) is 0 Å². The van der Waals surface area contributed by atoms with Crippen molar-refractivity contribution in [3.05, 3.63) is 47.5 Å². The Balaban J connectivity index is 1.39. The molecule has 5 nitrogen and oxygen atoms in total. The van der Waals surface area contributed by atoms with E-state index in [0.717, 1.165) is 31.2 Å². The molecule has 0 radical (unpaired) electrons. The predicted octanol–water partition coefficient (Wildman–Crippen LogP) is 2.01. The number of carbonyl (C=O) groups is 1. The van der Waals surface area contributed by atoms with Gasteiger partial charge in [0.2, 0.25) is 5.91 Å². The Morgan fingerprint density at radius 3 is 2.88 bits per heavy atom. The molecule has 0 unspecified atom stereocenters. The van der Waals surface area contributed by atoms with Crippen molar-refractivity contribution < 1.29 is 4.79 Å². The third kappa shape index (κ3) is 4.55. The molecule has 0 saturated carbocycles. The number of rotatable bonds is 6. The summed E-state index contributed by atoms with van der Waals surface area (Å²) in [5.41, 5.74) is 1.25. The van der Waals surface area contributed by atoms with Gasteiger partial charge in [-0.25, -0.2) is 4.98 Å². The number of piperazine rings is 1. The normalized spacial score (nSPS) is 18.5. The number of nitrogens with one attached hydrogen (secondary N) is 1. The maximum atomic E-state index is 12.1. The van der Waals surface area contributed by atoms with Crippen LogP contribution in [0.5, 0.6) is 0 Å². The molecule has 3 rings (SSSR count). The van der Waals surface area contributed by atoms with Crippen molar-refractivity contribution in [1.82, 2.24) is 15.2 Å². The van der Waals surface area contributed by atoms with E-state index in [9.17, 15) is 4.79 Å². The Morgan fingerprint density at radius 1 is 1.33 bits per heavy atom. The van der Waals surface area contributed by atoms with Gasteiger partial charge in [-0.2, -0.15) is 0 Å². The molecule has 128 valence electrons. The fourth-order valence-electron chi connectivity index (χ4n) is 3.07. The number of nitrogens with zero attached hydrogens (tertiary/aromatic N) is 3. The molecule has 1 amide bonds. The molecule has 0 aliphatic carbocycles. The van der Waals surface area contributed by atoms with E-state index in [-0.39, 0.29) is 5.91 Å². The molecule has 24 heavy (non-hydrogen) atoms. The number of hydrogen-bond donors (Lipinski definition) is 1. The zero-order chi connectivity index (χ0) is 16.8. The van der Waals surface area contributed by atoms with Crippen LogP contribution in [0.2, 0.25) is 0 Å². The van der Waals surface area contributed by atoms with Crippen molar-refractivity contribution in [3.8, 4) is 0 Å². The van der Waals surface area contributed by atoms with E-state index >= 15 is 0 Å². The van der Waals surface area contributed by atoms with Gasteiger partial charge < -0.3 is 10.2 Å². The van der Waals surface area contributed by atoms with E-state index in [0.29, 0.717) is 19.1 Å². The maximum absolute atomic E-state index is 12.1. The molecule has 1 aliphatic heterocycles. The number of carbonyl (C=O) groups excluding carboxylic acids is 1. The smallest absolute Gasteiger partial charge is 0.234 e. The highest BCUT2D eigenvalue weighted by atomic mass is 32.1. The van der Waals surface area contributed by atoms with Crippen LogP contribution < -0.4 is 10.2 Å². The fourth-order valence-corrected chi connectivity index (χ4v) is 3.84. The number of thiazole rings is 1. The third-order valence-electron chi connectivity index (χ3n) is 4.32. The zero-order valence-electron chi connectivity index (χ0n) is 14.0. The van der Waals surface area contributed by atoms with Gasteiger partial charge in [-0.1, -0.05) is 30.3 Å². The average Bonchev–Trinajstić information content (AvgIpc) is 3.10. The minimum absolute atomic E-state index is 0.112. The Labute approximate surface area is 147 Å². The number of hydrogen-bond acceptors (Lipinski definition) is 5. The Kier molecular flexibility index (Phi) is 5.82. The Bertz CT molecular complexity index is 632. The molecule has 1 aromatic heterocycles. The van der Waals surface area contributed by atoms with Crippen LogP contribution in [0.1, 0.15) is 12.5 Å². The van der Waals surface area contributed by atoms with Gasteiger partial charge in [0.25, 0.3) is 0 Å². The van der Waals surface area contributed by atoms with Crippen LogP contribution in [0.4, 0.5) is 5.13 Å². The lowest BCUT2D eigenvalue weighted by Crippen LogP contribution is -2.54. The first-order chi connectivity index (χ1) is 11.7. The van der Waals surface area contributed by atoms with E-state index in [1.54, 1.807) is 11.3 Å². The highest BCUT2D eigenvalue weighted by Crippen LogP contribution is 2.22. The fraction of sp³-hybridized carbons (Fsp3) is 0.444. The third-order valence-corrected chi connectivity index (χ3v) is 5.13. The summed E-state index contributed by atoms with van der Waals surface area (Å²) in [5.74, 6) is 0.112. The highest BCUT2D eigenvalue weighted by Gasteiger charge is 2.26. The van der Waals surface area contributed by atoms with Gasteiger partial charge in [-0.3, -0.25) is 9.69 Å². The summed E-state index contributed by atoms with van der Waals surface area (Å²) in [5, 5.41) is 6.11. The summed E-state index contributed by atoms with van der Waals surface area (Å²) in [6, 6.07) is 10.6. The van der Waals surface area contributed by atoms with Gasteiger partial charge in [0.1, 0.15) is 0 Å². The highest BCUT2D eigenvalue weighted by molar-refractivity contribution is 7.13. The minimum Gasteiger partial charge on any atom is -0.355 e. The summed E-state index contributed by atoms with van der Waals surface area (Å²) in [6.45, 7) is 6.08. The van der Waals surface area contributed by atoms with Crippen LogP contribution in [0, 0.1) is 0 Å². The van der Waals surface area contributed by atoms with E-state index in [1.807, 2.05) is 29.8 Å². The molecule has 6 heteroatoms. The topological polar surface area (TPSA) is 48.5 Å². The monoisotopic (exact) mass is 344 g/mol. The molecule has 1 fully saturated rings. The Morgan fingerprint density at radius 2 is 2.17 bits per heavy atom. The lowest BCUT2D eigenvalue weighted by atomic mass is 10.1. The van der Waals surface area contributed by atoms with E-state index < -0.39 is 0 Å². The molecule has 1 aliphatic rings. The first-order valence-corrected chi connectivity index (χ1v) is 9.29. The lowest BCUT2D eigenvalue weighted by molar-refractivity contribution is -0.122. The largest absolute Gasteiger partial charge is 0.355 e. The Hall–Kier alpha value is -1.92. The predicted molar refractivity (Wildman–Crippen MR) is 98.5 cm³/mol. The molecule has 2 aromatic rings. The molecule has 0 spiro atoms. The minimum atomic E-state index is 0.112. The van der Waals surface area contributed by atoms with Crippen molar-refractivity contribution >= 4 is 22.4 Å². The second-order valence-electron chi connectivity index (χ2n) is 6.18. The molecule has 0 bridgehead atoms.